The first-order valence-electron chi connectivity index (χ1n) is 3.47. The number of hydrogen-bond donors (Lipinski definition) is 1. The van der Waals surface area contributed by atoms with Gasteiger partial charge in [-0.25, -0.2) is 0 Å². The van der Waals surface area contributed by atoms with E-state index in [1.54, 1.807) is 12.3 Å². The van der Waals surface area contributed by atoms with Crippen LogP contribution in [0.4, 0.5) is 5.13 Å². The lowest BCUT2D eigenvalue weighted by molar-refractivity contribution is 0.388. The minimum absolute atomic E-state index is 0.571. The van der Waals surface area contributed by atoms with Crippen LogP contribution in [0.15, 0.2) is 20.7 Å². The summed E-state index contributed by atoms with van der Waals surface area (Å²) < 4.78 is 5.65. The smallest absolute Gasteiger partial charge is 0.206 e. The van der Waals surface area contributed by atoms with Crippen LogP contribution in [0, 0.1) is 0 Å². The molecular weight excluding hydrogens is 256 g/mol. The van der Waals surface area contributed by atoms with Gasteiger partial charge in [-0.15, -0.1) is 10.2 Å². The van der Waals surface area contributed by atoms with Crippen molar-refractivity contribution in [1.29, 1.82) is 0 Å². The zero-order chi connectivity index (χ0) is 9.10. The number of hydrogen-bond acceptors (Lipinski definition) is 6. The third-order valence-electron chi connectivity index (χ3n) is 1.31. The zero-order valence-electron chi connectivity index (χ0n) is 6.40. The third-order valence-corrected chi connectivity index (χ3v) is 2.62. The first-order valence-corrected chi connectivity index (χ1v) is 5.08. The van der Waals surface area contributed by atoms with E-state index in [9.17, 15) is 0 Å². The molecule has 68 valence electrons. The maximum atomic E-state index is 4.89. The summed E-state index contributed by atoms with van der Waals surface area (Å²) in [5.74, 6) is 0.770. The molecule has 0 saturated carbocycles. The summed E-state index contributed by atoms with van der Waals surface area (Å²) in [6, 6.07) is 1.79. The molecule has 0 radical (unpaired) electrons. The molecule has 2 rings (SSSR count). The Labute approximate surface area is 86.3 Å². The highest BCUT2D eigenvalue weighted by Gasteiger charge is 2.01. The molecule has 0 aliphatic heterocycles. The van der Waals surface area contributed by atoms with E-state index >= 15 is 0 Å². The Kier molecular flexibility index (Phi) is 2.55. The van der Waals surface area contributed by atoms with Crippen LogP contribution in [-0.4, -0.2) is 15.4 Å². The summed E-state index contributed by atoms with van der Waals surface area (Å²) in [5.41, 5.74) is 0. The lowest BCUT2D eigenvalue weighted by Gasteiger charge is -1.95. The van der Waals surface area contributed by atoms with Gasteiger partial charge in [-0.3, -0.25) is 0 Å². The average molecular weight is 261 g/mol. The standard InChI is InChI=1S/C6H5BrN4OS/c7-5-10-11-6(13-5)8-3-4-1-2-9-12-4/h1-2H,3H2,(H,8,11). The average Bonchev–Trinajstić information content (AvgIpc) is 2.71. The van der Waals surface area contributed by atoms with Gasteiger partial charge in [0.1, 0.15) is 0 Å². The molecule has 0 atom stereocenters. The van der Waals surface area contributed by atoms with E-state index in [1.807, 2.05) is 0 Å². The molecule has 0 aliphatic rings. The second-order valence-electron chi connectivity index (χ2n) is 2.19. The Morgan fingerprint density at radius 1 is 1.54 bits per heavy atom. The van der Waals surface area contributed by atoms with E-state index in [4.69, 9.17) is 4.52 Å². The zero-order valence-corrected chi connectivity index (χ0v) is 8.80. The minimum Gasteiger partial charge on any atom is -0.360 e. The number of nitrogens with one attached hydrogen (secondary N) is 1. The predicted molar refractivity (Wildman–Crippen MR) is 51.4 cm³/mol. The van der Waals surface area contributed by atoms with Crippen LogP contribution in [0.25, 0.3) is 0 Å². The van der Waals surface area contributed by atoms with Crippen molar-refractivity contribution in [2.45, 2.75) is 6.54 Å². The molecule has 0 aliphatic carbocycles. The molecule has 0 fully saturated rings. The van der Waals surface area contributed by atoms with Crippen molar-refractivity contribution in [1.82, 2.24) is 15.4 Å². The van der Waals surface area contributed by atoms with E-state index in [1.165, 1.54) is 11.3 Å². The Hall–Kier alpha value is -0.950. The van der Waals surface area contributed by atoms with Crippen molar-refractivity contribution in [2.24, 2.45) is 0 Å². The summed E-state index contributed by atoms with van der Waals surface area (Å²) in [6.45, 7) is 0.571. The van der Waals surface area contributed by atoms with Gasteiger partial charge in [-0.05, 0) is 15.9 Å². The summed E-state index contributed by atoms with van der Waals surface area (Å²) in [5, 5.41) is 15.0. The van der Waals surface area contributed by atoms with E-state index in [-0.39, 0.29) is 0 Å². The summed E-state index contributed by atoms with van der Waals surface area (Å²) in [6.07, 6.45) is 1.60. The van der Waals surface area contributed by atoms with E-state index in [0.29, 0.717) is 6.54 Å². The number of rotatable bonds is 3. The summed E-state index contributed by atoms with van der Waals surface area (Å²) in [7, 11) is 0. The van der Waals surface area contributed by atoms with Crippen molar-refractivity contribution in [3.63, 3.8) is 0 Å². The molecule has 1 N–H and O–H groups in total. The van der Waals surface area contributed by atoms with Crippen LogP contribution >= 0.6 is 27.3 Å². The summed E-state index contributed by atoms with van der Waals surface area (Å²) >= 11 is 4.65. The number of anilines is 1. The molecule has 13 heavy (non-hydrogen) atoms. The highest BCUT2D eigenvalue weighted by molar-refractivity contribution is 9.11. The van der Waals surface area contributed by atoms with Crippen molar-refractivity contribution >= 4 is 32.4 Å². The van der Waals surface area contributed by atoms with Crippen LogP contribution in [0.3, 0.4) is 0 Å². The van der Waals surface area contributed by atoms with Gasteiger partial charge < -0.3 is 9.84 Å². The van der Waals surface area contributed by atoms with Gasteiger partial charge in [0.15, 0.2) is 9.68 Å². The molecule has 7 heteroatoms. The van der Waals surface area contributed by atoms with Gasteiger partial charge >= 0.3 is 0 Å². The Morgan fingerprint density at radius 3 is 3.08 bits per heavy atom. The van der Waals surface area contributed by atoms with Crippen LogP contribution in [0.5, 0.6) is 0 Å². The fourth-order valence-corrected chi connectivity index (χ4v) is 1.78. The number of aromatic nitrogens is 3. The normalized spacial score (nSPS) is 10.2. The van der Waals surface area contributed by atoms with Gasteiger partial charge in [0.05, 0.1) is 12.7 Å². The summed E-state index contributed by atoms with van der Waals surface area (Å²) in [4.78, 5) is 0. The monoisotopic (exact) mass is 260 g/mol. The third kappa shape index (κ3) is 2.25. The van der Waals surface area contributed by atoms with Crippen LogP contribution < -0.4 is 5.32 Å². The molecule has 2 heterocycles. The highest BCUT2D eigenvalue weighted by Crippen LogP contribution is 2.20. The maximum absolute atomic E-state index is 4.89. The molecule has 0 aromatic carbocycles. The second kappa shape index (κ2) is 3.84. The molecule has 2 aromatic rings. The van der Waals surface area contributed by atoms with Crippen molar-refractivity contribution in [3.8, 4) is 0 Å². The quantitative estimate of drug-likeness (QED) is 0.914. The van der Waals surface area contributed by atoms with E-state index in [2.05, 4.69) is 36.6 Å². The molecule has 2 aromatic heterocycles. The Bertz CT molecular complexity index is 374. The molecule has 0 unspecified atom stereocenters. The van der Waals surface area contributed by atoms with Gasteiger partial charge in [0, 0.05) is 6.07 Å². The van der Waals surface area contributed by atoms with Crippen LogP contribution in [0.1, 0.15) is 5.76 Å². The topological polar surface area (TPSA) is 63.8 Å². The van der Waals surface area contributed by atoms with Gasteiger partial charge in [-0.1, -0.05) is 16.5 Å². The fraction of sp³-hybridized carbons (Fsp3) is 0.167. The second-order valence-corrected chi connectivity index (χ2v) is 4.45. The van der Waals surface area contributed by atoms with Crippen LogP contribution in [-0.2, 0) is 6.54 Å². The molecule has 0 saturated heterocycles. The molecule has 0 spiro atoms. The number of nitrogens with zero attached hydrogens (tertiary/aromatic N) is 3. The predicted octanol–water partition coefficient (Wildman–Crippen LogP) is 1.90. The highest BCUT2D eigenvalue weighted by atomic mass is 79.9. The largest absolute Gasteiger partial charge is 0.360 e. The van der Waals surface area contributed by atoms with E-state index in [0.717, 1.165) is 14.8 Å². The Morgan fingerprint density at radius 2 is 2.46 bits per heavy atom. The van der Waals surface area contributed by atoms with Crippen molar-refractivity contribution in [3.05, 3.63) is 21.9 Å². The van der Waals surface area contributed by atoms with E-state index < -0.39 is 0 Å². The van der Waals surface area contributed by atoms with Crippen LogP contribution in [0.2, 0.25) is 0 Å². The maximum Gasteiger partial charge on any atom is 0.206 e. The van der Waals surface area contributed by atoms with Gasteiger partial charge in [0.2, 0.25) is 5.13 Å². The molecule has 5 nitrogen and oxygen atoms in total. The van der Waals surface area contributed by atoms with Crippen molar-refractivity contribution < 1.29 is 4.52 Å². The fourth-order valence-electron chi connectivity index (χ4n) is 0.773. The first kappa shape index (κ1) is 8.64. The molecular formula is C6H5BrN4OS. The first-order chi connectivity index (χ1) is 6.34. The van der Waals surface area contributed by atoms with Crippen molar-refractivity contribution in [2.75, 3.05) is 5.32 Å². The lowest BCUT2D eigenvalue weighted by Crippen LogP contribution is -1.97. The van der Waals surface area contributed by atoms with Gasteiger partial charge in [-0.2, -0.15) is 0 Å². The SMILES string of the molecule is Brc1nnc(NCc2ccno2)s1. The minimum atomic E-state index is 0.571. The molecule has 0 bridgehead atoms. The number of halogens is 1. The van der Waals surface area contributed by atoms with Gasteiger partial charge in [0.25, 0.3) is 0 Å². The molecule has 0 amide bonds. The Balaban J connectivity index is 1.93. The lowest BCUT2D eigenvalue weighted by atomic mass is 10.5.